The van der Waals surface area contributed by atoms with Gasteiger partial charge in [-0.3, -0.25) is 24.6 Å². The van der Waals surface area contributed by atoms with Crippen LogP contribution in [-0.2, 0) is 19.8 Å². The summed E-state index contributed by atoms with van der Waals surface area (Å²) >= 11 is 0. The Bertz CT molecular complexity index is 1010. The molecule has 8 heteroatoms. The predicted octanol–water partition coefficient (Wildman–Crippen LogP) is 3.39. The molecule has 3 aliphatic rings. The Morgan fingerprint density at radius 1 is 1.19 bits per heavy atom. The molecule has 4 rings (SSSR count). The van der Waals surface area contributed by atoms with Gasteiger partial charge >= 0.3 is 6.03 Å². The molecule has 2 fully saturated rings. The first kappa shape index (κ1) is 22.4. The van der Waals surface area contributed by atoms with Gasteiger partial charge in [-0.05, 0) is 43.5 Å². The van der Waals surface area contributed by atoms with E-state index < -0.39 is 52.6 Å². The van der Waals surface area contributed by atoms with Gasteiger partial charge in [-0.25, -0.2) is 9.18 Å². The van der Waals surface area contributed by atoms with Crippen LogP contribution in [-0.4, -0.2) is 47.3 Å². The maximum atomic E-state index is 16.3. The Labute approximate surface area is 186 Å². The molecule has 1 saturated heterocycles. The van der Waals surface area contributed by atoms with Crippen LogP contribution in [0.3, 0.4) is 0 Å². The molecule has 1 aliphatic heterocycles. The number of methoxy groups -OCH3 is 1. The molecule has 172 valence electrons. The summed E-state index contributed by atoms with van der Waals surface area (Å²) in [4.78, 5) is 52.6. The second kappa shape index (κ2) is 7.67. The van der Waals surface area contributed by atoms with Gasteiger partial charge in [0.2, 0.25) is 11.6 Å². The Balaban J connectivity index is 1.77. The second-order valence-electron chi connectivity index (χ2n) is 9.49. The van der Waals surface area contributed by atoms with E-state index in [1.807, 2.05) is 12.2 Å². The van der Waals surface area contributed by atoms with Gasteiger partial charge in [-0.1, -0.05) is 32.3 Å². The third kappa shape index (κ3) is 2.91. The first-order valence-electron chi connectivity index (χ1n) is 11.2. The topological polar surface area (TPSA) is 92.8 Å². The molecule has 0 bridgehead atoms. The molecular formula is C24H29FN2O5. The quantitative estimate of drug-likeness (QED) is 0.679. The zero-order valence-electron chi connectivity index (χ0n) is 18.9. The summed E-state index contributed by atoms with van der Waals surface area (Å²) in [6, 6.07) is 2.95. The fourth-order valence-corrected chi connectivity index (χ4v) is 5.58. The summed E-state index contributed by atoms with van der Waals surface area (Å²) in [6.07, 6.45) is 3.43. The summed E-state index contributed by atoms with van der Waals surface area (Å²) in [5, 5.41) is 1.99. The summed E-state index contributed by atoms with van der Waals surface area (Å²) in [5.74, 6) is -3.55. The number of alkyl halides is 1. The van der Waals surface area contributed by atoms with Crippen LogP contribution in [0.1, 0.15) is 69.9 Å². The van der Waals surface area contributed by atoms with Crippen molar-refractivity contribution in [3.8, 4) is 5.75 Å². The van der Waals surface area contributed by atoms with Crippen molar-refractivity contribution in [3.63, 3.8) is 0 Å². The Morgan fingerprint density at radius 3 is 2.56 bits per heavy atom. The number of benzene rings is 1. The summed E-state index contributed by atoms with van der Waals surface area (Å²) in [6.45, 7) is 5.44. The molecule has 4 amide bonds. The lowest BCUT2D eigenvalue weighted by Gasteiger charge is -2.62. The fourth-order valence-electron chi connectivity index (χ4n) is 5.58. The van der Waals surface area contributed by atoms with E-state index in [1.165, 1.54) is 7.11 Å². The Kier molecular flexibility index (Phi) is 5.38. The number of amides is 4. The van der Waals surface area contributed by atoms with Crippen LogP contribution in [0.2, 0.25) is 0 Å². The first-order valence-corrected chi connectivity index (χ1v) is 11.2. The number of hydrogen-bond donors (Lipinski definition) is 1. The van der Waals surface area contributed by atoms with Gasteiger partial charge in [-0.2, -0.15) is 0 Å². The molecule has 2 aliphatic carbocycles. The molecule has 0 unspecified atom stereocenters. The fraction of sp³-hybridized carbons (Fsp3) is 0.583. The molecule has 0 spiro atoms. The zero-order valence-corrected chi connectivity index (χ0v) is 18.9. The van der Waals surface area contributed by atoms with Crippen molar-refractivity contribution < 1.29 is 28.3 Å². The molecular weight excluding hydrogens is 415 g/mol. The van der Waals surface area contributed by atoms with Gasteiger partial charge in [0.05, 0.1) is 19.1 Å². The molecule has 1 N–H and O–H groups in total. The average molecular weight is 445 g/mol. The number of ether oxygens (including phenoxy) is 1. The zero-order chi connectivity index (χ0) is 23.4. The van der Waals surface area contributed by atoms with Crippen LogP contribution in [0.25, 0.3) is 0 Å². The smallest absolute Gasteiger partial charge is 0.331 e. The Morgan fingerprint density at radius 2 is 1.91 bits per heavy atom. The molecule has 1 aromatic rings. The largest absolute Gasteiger partial charge is 0.497 e. The van der Waals surface area contributed by atoms with Crippen LogP contribution in [0.4, 0.5) is 9.18 Å². The van der Waals surface area contributed by atoms with E-state index in [1.54, 1.807) is 32.0 Å². The van der Waals surface area contributed by atoms with Gasteiger partial charge < -0.3 is 4.74 Å². The summed E-state index contributed by atoms with van der Waals surface area (Å²) < 4.78 is 21.6. The van der Waals surface area contributed by atoms with Crippen molar-refractivity contribution in [2.75, 3.05) is 7.11 Å². The third-order valence-electron chi connectivity index (χ3n) is 7.35. The van der Waals surface area contributed by atoms with Crippen LogP contribution < -0.4 is 10.1 Å². The number of urea groups is 1. The van der Waals surface area contributed by atoms with Crippen molar-refractivity contribution in [2.45, 2.75) is 75.9 Å². The molecule has 0 aromatic heterocycles. The number of Topliss-reactive ketones (excluding diaryl/α,β-unsaturated/α-hetero) is 1. The molecule has 1 saturated carbocycles. The van der Waals surface area contributed by atoms with E-state index in [4.69, 9.17) is 4.74 Å². The lowest BCUT2D eigenvalue weighted by atomic mass is 9.46. The highest BCUT2D eigenvalue weighted by molar-refractivity contribution is 6.13. The number of unbranched alkanes of at least 4 members (excludes halogenated alkanes) is 3. The van der Waals surface area contributed by atoms with Crippen LogP contribution in [0.15, 0.2) is 18.2 Å². The summed E-state index contributed by atoms with van der Waals surface area (Å²) in [5.41, 5.74) is -2.35. The predicted molar refractivity (Wildman–Crippen MR) is 114 cm³/mol. The lowest BCUT2D eigenvalue weighted by molar-refractivity contribution is -0.183. The van der Waals surface area contributed by atoms with E-state index in [-0.39, 0.29) is 6.42 Å². The first-order chi connectivity index (χ1) is 15.1. The van der Waals surface area contributed by atoms with Crippen LogP contribution in [0, 0.1) is 5.92 Å². The van der Waals surface area contributed by atoms with Gasteiger partial charge in [0.1, 0.15) is 11.5 Å². The number of carbonyl (C=O) groups excluding carboxylic acids is 4. The molecule has 32 heavy (non-hydrogen) atoms. The number of rotatable bonds is 6. The minimum Gasteiger partial charge on any atom is -0.497 e. The standard InChI is InChI=1S/C24H29FN2O5/c1-5-6-7-8-9-16(28)27-19-17-14-11-10-13(32-4)12-15(14)23(2,3)20(29)18(17)24(19,25)21(30)26-22(27)31/h10-12,17-19H,5-9H2,1-4H3,(H,26,30,31)/t17-,18-,19-,24-/m0/s1. The number of nitrogens with zero attached hydrogens (tertiary/aromatic N) is 1. The van der Waals surface area contributed by atoms with Gasteiger partial charge in [0.15, 0.2) is 0 Å². The van der Waals surface area contributed by atoms with E-state index in [0.717, 1.165) is 24.2 Å². The monoisotopic (exact) mass is 444 g/mol. The second-order valence-corrected chi connectivity index (χ2v) is 9.49. The number of ketones is 1. The van der Waals surface area contributed by atoms with E-state index in [2.05, 4.69) is 0 Å². The van der Waals surface area contributed by atoms with Crippen molar-refractivity contribution in [1.29, 1.82) is 0 Å². The lowest BCUT2D eigenvalue weighted by Crippen LogP contribution is -2.83. The summed E-state index contributed by atoms with van der Waals surface area (Å²) in [7, 11) is 1.52. The number of halogens is 1. The number of fused-ring (bicyclic) bond motifs is 6. The van der Waals surface area contributed by atoms with Crippen molar-refractivity contribution in [3.05, 3.63) is 29.3 Å². The SMILES string of the molecule is CCCCCCC(=O)N1C(=O)NC(=O)[C@]2(F)[C@@H]3C(=O)C(C)(C)c4cc(OC)ccc4[C@@H]3[C@H]12. The minimum atomic E-state index is -2.64. The highest BCUT2D eigenvalue weighted by Crippen LogP contribution is 2.62. The minimum absolute atomic E-state index is 0.0838. The van der Waals surface area contributed by atoms with Gasteiger partial charge in [0.25, 0.3) is 5.91 Å². The number of carbonyl (C=O) groups is 4. The number of nitrogens with one attached hydrogen (secondary N) is 1. The molecule has 7 nitrogen and oxygen atoms in total. The maximum absolute atomic E-state index is 16.3. The number of imide groups is 2. The van der Waals surface area contributed by atoms with Gasteiger partial charge in [-0.15, -0.1) is 0 Å². The molecule has 1 heterocycles. The highest BCUT2D eigenvalue weighted by atomic mass is 19.1. The van der Waals surface area contributed by atoms with E-state index in [0.29, 0.717) is 23.3 Å². The van der Waals surface area contributed by atoms with Crippen LogP contribution >= 0.6 is 0 Å². The number of hydrogen-bond acceptors (Lipinski definition) is 5. The van der Waals surface area contributed by atoms with Crippen molar-refractivity contribution >= 4 is 23.6 Å². The maximum Gasteiger partial charge on any atom is 0.331 e. The molecule has 4 atom stereocenters. The van der Waals surface area contributed by atoms with Crippen molar-refractivity contribution in [2.24, 2.45) is 5.92 Å². The van der Waals surface area contributed by atoms with E-state index >= 15 is 4.39 Å². The average Bonchev–Trinajstić information content (AvgIpc) is 2.75. The van der Waals surface area contributed by atoms with Crippen molar-refractivity contribution in [1.82, 2.24) is 10.2 Å². The Hall–Kier alpha value is -2.77. The molecule has 1 aromatic carbocycles. The molecule has 0 radical (unpaired) electrons. The third-order valence-corrected chi connectivity index (χ3v) is 7.35. The highest BCUT2D eigenvalue weighted by Gasteiger charge is 2.78. The van der Waals surface area contributed by atoms with Crippen LogP contribution in [0.5, 0.6) is 5.75 Å². The normalized spacial score (nSPS) is 30.0. The van der Waals surface area contributed by atoms with E-state index in [9.17, 15) is 19.2 Å². The van der Waals surface area contributed by atoms with Gasteiger partial charge in [0, 0.05) is 17.8 Å².